The molecule has 7 nitrogen and oxygen atoms in total. The van der Waals surface area contributed by atoms with E-state index in [4.69, 9.17) is 16.3 Å². The molecule has 0 bridgehead atoms. The number of nitrogens with one attached hydrogen (secondary N) is 2. The highest BCUT2D eigenvalue weighted by Crippen LogP contribution is 2.27. The van der Waals surface area contributed by atoms with E-state index in [1.807, 2.05) is 37.3 Å². The van der Waals surface area contributed by atoms with Crippen LogP contribution in [0.4, 0.5) is 10.1 Å². The first-order chi connectivity index (χ1) is 20.4. The predicted molar refractivity (Wildman–Crippen MR) is 163 cm³/mol. The van der Waals surface area contributed by atoms with Gasteiger partial charge in [0.15, 0.2) is 6.61 Å². The fraction of sp³-hybridized carbons (Fsp3) is 0.0606. The van der Waals surface area contributed by atoms with Crippen LogP contribution in [-0.4, -0.2) is 29.2 Å². The molecule has 0 unspecified atom stereocenters. The molecule has 210 valence electrons. The smallest absolute Gasteiger partial charge is 0.271 e. The van der Waals surface area contributed by atoms with Gasteiger partial charge in [0, 0.05) is 22.6 Å². The van der Waals surface area contributed by atoms with Gasteiger partial charge in [-0.05, 0) is 96.9 Å². The van der Waals surface area contributed by atoms with Crippen LogP contribution < -0.4 is 15.5 Å². The minimum Gasteiger partial charge on any atom is -0.482 e. The lowest BCUT2D eigenvalue weighted by Gasteiger charge is -2.12. The highest BCUT2D eigenvalue weighted by Gasteiger charge is 2.11. The highest BCUT2D eigenvalue weighted by atomic mass is 35.5. The van der Waals surface area contributed by atoms with Crippen molar-refractivity contribution >= 4 is 35.3 Å². The van der Waals surface area contributed by atoms with Crippen molar-refractivity contribution in [2.75, 3.05) is 11.9 Å². The Bertz CT molecular complexity index is 1730. The van der Waals surface area contributed by atoms with Crippen LogP contribution in [0, 0.1) is 12.7 Å². The van der Waals surface area contributed by atoms with Gasteiger partial charge in [-0.3, -0.25) is 9.59 Å². The topological polar surface area (TPSA) is 84.7 Å². The molecule has 4 aromatic carbocycles. The molecule has 1 aromatic heterocycles. The van der Waals surface area contributed by atoms with Crippen molar-refractivity contribution in [1.82, 2.24) is 9.99 Å². The zero-order chi connectivity index (χ0) is 29.5. The number of aromatic nitrogens is 1. The first-order valence-electron chi connectivity index (χ1n) is 13.0. The second-order valence-electron chi connectivity index (χ2n) is 9.34. The standard InChI is InChI=1S/C33H26ClFN4O3/c1-22-7-17-30(24-5-3-2-4-6-24)39(22)28-15-9-25(10-16-28)33(41)38-36-20-23-8-18-31(29(34)19-23)42-21-32(40)37-27-13-11-26(35)12-14-27/h2-20H,21H2,1H3,(H,37,40)(H,38,41)/b36-20+. The van der Waals surface area contributed by atoms with E-state index in [9.17, 15) is 14.0 Å². The average molecular weight is 581 g/mol. The molecule has 0 saturated carbocycles. The number of amides is 2. The predicted octanol–water partition coefficient (Wildman–Crippen LogP) is 7.03. The van der Waals surface area contributed by atoms with Crippen LogP contribution in [-0.2, 0) is 4.79 Å². The van der Waals surface area contributed by atoms with Crippen molar-refractivity contribution in [2.45, 2.75) is 6.92 Å². The fourth-order valence-corrected chi connectivity index (χ4v) is 4.54. The average Bonchev–Trinajstić information content (AvgIpc) is 3.39. The molecule has 0 atom stereocenters. The molecule has 0 aliphatic heterocycles. The summed E-state index contributed by atoms with van der Waals surface area (Å²) in [5.74, 6) is -0.863. The van der Waals surface area contributed by atoms with E-state index in [1.54, 1.807) is 30.3 Å². The maximum absolute atomic E-state index is 13.0. The summed E-state index contributed by atoms with van der Waals surface area (Å²) in [5, 5.41) is 6.91. The van der Waals surface area contributed by atoms with Crippen LogP contribution in [0.2, 0.25) is 5.02 Å². The number of benzene rings is 4. The number of aryl methyl sites for hydroxylation is 1. The Balaban J connectivity index is 1.16. The Hall–Kier alpha value is -5.21. The third kappa shape index (κ3) is 6.92. The Morgan fingerprint density at radius 3 is 2.38 bits per heavy atom. The van der Waals surface area contributed by atoms with E-state index in [-0.39, 0.29) is 17.5 Å². The van der Waals surface area contributed by atoms with Gasteiger partial charge in [-0.1, -0.05) is 41.9 Å². The van der Waals surface area contributed by atoms with Crippen LogP contribution in [0.3, 0.4) is 0 Å². The number of hydrogen-bond donors (Lipinski definition) is 2. The number of hydrazone groups is 1. The molecule has 5 aromatic rings. The van der Waals surface area contributed by atoms with Crippen molar-refractivity contribution in [3.05, 3.63) is 137 Å². The minimum absolute atomic E-state index is 0.269. The molecule has 9 heteroatoms. The maximum atomic E-state index is 13.0. The normalized spacial score (nSPS) is 10.9. The molecule has 0 aliphatic carbocycles. The summed E-state index contributed by atoms with van der Waals surface area (Å²) in [7, 11) is 0. The van der Waals surface area contributed by atoms with Gasteiger partial charge in [-0.25, -0.2) is 9.82 Å². The summed E-state index contributed by atoms with van der Waals surface area (Å²) in [6.07, 6.45) is 1.46. The number of ether oxygens (including phenoxy) is 1. The Morgan fingerprint density at radius 2 is 1.67 bits per heavy atom. The van der Waals surface area contributed by atoms with E-state index in [2.05, 4.69) is 44.7 Å². The lowest BCUT2D eigenvalue weighted by atomic mass is 10.1. The molecule has 2 amide bonds. The monoisotopic (exact) mass is 580 g/mol. The van der Waals surface area contributed by atoms with Gasteiger partial charge in [-0.15, -0.1) is 0 Å². The molecule has 2 N–H and O–H groups in total. The Kier molecular flexibility index (Phi) is 8.75. The maximum Gasteiger partial charge on any atom is 0.271 e. The Labute approximate surface area is 247 Å². The SMILES string of the molecule is Cc1ccc(-c2ccccc2)n1-c1ccc(C(=O)N/N=C/c2ccc(OCC(=O)Nc3ccc(F)cc3)c(Cl)c2)cc1. The number of carbonyl (C=O) groups excluding carboxylic acids is 2. The molecular formula is C33H26ClFN4O3. The molecule has 5 rings (SSSR count). The van der Waals surface area contributed by atoms with E-state index < -0.39 is 11.7 Å². The largest absolute Gasteiger partial charge is 0.482 e. The van der Waals surface area contributed by atoms with Crippen LogP contribution >= 0.6 is 11.6 Å². The molecule has 0 radical (unpaired) electrons. The molecule has 0 saturated heterocycles. The summed E-state index contributed by atoms with van der Waals surface area (Å²) in [6, 6.07) is 31.9. The highest BCUT2D eigenvalue weighted by molar-refractivity contribution is 6.32. The van der Waals surface area contributed by atoms with Gasteiger partial charge < -0.3 is 14.6 Å². The fourth-order valence-electron chi connectivity index (χ4n) is 4.30. The van der Waals surface area contributed by atoms with Crippen molar-refractivity contribution in [3.8, 4) is 22.7 Å². The van der Waals surface area contributed by atoms with Crippen LogP contribution in [0.15, 0.2) is 114 Å². The van der Waals surface area contributed by atoms with Gasteiger partial charge in [0.2, 0.25) is 0 Å². The summed E-state index contributed by atoms with van der Waals surface area (Å²) >= 11 is 6.30. The van der Waals surface area contributed by atoms with Crippen molar-refractivity contribution in [2.24, 2.45) is 5.10 Å². The quantitative estimate of drug-likeness (QED) is 0.145. The lowest BCUT2D eigenvalue weighted by molar-refractivity contribution is -0.118. The third-order valence-corrected chi connectivity index (χ3v) is 6.65. The van der Waals surface area contributed by atoms with Gasteiger partial charge in [0.05, 0.1) is 16.9 Å². The molecule has 0 fully saturated rings. The molecule has 0 spiro atoms. The second kappa shape index (κ2) is 13.0. The zero-order valence-electron chi connectivity index (χ0n) is 22.6. The van der Waals surface area contributed by atoms with Crippen LogP contribution in [0.25, 0.3) is 16.9 Å². The van der Waals surface area contributed by atoms with Crippen LogP contribution in [0.1, 0.15) is 21.6 Å². The summed E-state index contributed by atoms with van der Waals surface area (Å²) in [5.41, 5.74) is 8.26. The number of rotatable bonds is 9. The number of halogens is 2. The van der Waals surface area contributed by atoms with Gasteiger partial charge in [-0.2, -0.15) is 5.10 Å². The number of carbonyl (C=O) groups is 2. The lowest BCUT2D eigenvalue weighted by Crippen LogP contribution is -2.20. The van der Waals surface area contributed by atoms with Gasteiger partial charge >= 0.3 is 0 Å². The van der Waals surface area contributed by atoms with Gasteiger partial charge in [0.25, 0.3) is 11.8 Å². The minimum atomic E-state index is -0.417. The third-order valence-electron chi connectivity index (χ3n) is 6.36. The number of anilines is 1. The van der Waals surface area contributed by atoms with Crippen molar-refractivity contribution < 1.29 is 18.7 Å². The van der Waals surface area contributed by atoms with E-state index in [0.717, 1.165) is 22.6 Å². The first kappa shape index (κ1) is 28.3. The number of nitrogens with zero attached hydrogens (tertiary/aromatic N) is 2. The zero-order valence-corrected chi connectivity index (χ0v) is 23.3. The van der Waals surface area contributed by atoms with E-state index >= 15 is 0 Å². The summed E-state index contributed by atoms with van der Waals surface area (Å²) in [4.78, 5) is 24.8. The van der Waals surface area contributed by atoms with E-state index in [1.165, 1.54) is 30.5 Å². The molecule has 0 aliphatic rings. The van der Waals surface area contributed by atoms with Crippen LogP contribution in [0.5, 0.6) is 5.75 Å². The van der Waals surface area contributed by atoms with Crippen molar-refractivity contribution in [1.29, 1.82) is 0 Å². The Morgan fingerprint density at radius 1 is 0.929 bits per heavy atom. The second-order valence-corrected chi connectivity index (χ2v) is 9.75. The molecule has 42 heavy (non-hydrogen) atoms. The van der Waals surface area contributed by atoms with Gasteiger partial charge in [0.1, 0.15) is 11.6 Å². The summed E-state index contributed by atoms with van der Waals surface area (Å²) < 4.78 is 20.6. The molecular weight excluding hydrogens is 555 g/mol. The first-order valence-corrected chi connectivity index (χ1v) is 13.4. The molecule has 1 heterocycles. The summed E-state index contributed by atoms with van der Waals surface area (Å²) in [6.45, 7) is 1.76. The number of hydrogen-bond acceptors (Lipinski definition) is 4. The van der Waals surface area contributed by atoms with E-state index in [0.29, 0.717) is 22.6 Å². The van der Waals surface area contributed by atoms with Crippen molar-refractivity contribution in [3.63, 3.8) is 0 Å².